The molecular formula is C15H19N3. The van der Waals surface area contributed by atoms with Gasteiger partial charge in [0.2, 0.25) is 0 Å². The van der Waals surface area contributed by atoms with E-state index in [-0.39, 0.29) is 0 Å². The molecule has 1 N–H and O–H groups in total. The van der Waals surface area contributed by atoms with Gasteiger partial charge in [0.1, 0.15) is 5.82 Å². The van der Waals surface area contributed by atoms with Crippen LogP contribution in [0.5, 0.6) is 0 Å². The maximum atomic E-state index is 4.42. The van der Waals surface area contributed by atoms with Crippen molar-refractivity contribution in [2.75, 3.05) is 19.0 Å². The van der Waals surface area contributed by atoms with Crippen molar-refractivity contribution in [2.45, 2.75) is 13.1 Å². The smallest absolute Gasteiger partial charge is 0.128 e. The second-order valence-electron chi connectivity index (χ2n) is 4.39. The van der Waals surface area contributed by atoms with Crippen molar-refractivity contribution in [1.29, 1.82) is 0 Å². The van der Waals surface area contributed by atoms with E-state index in [0.717, 1.165) is 18.9 Å². The Morgan fingerprint density at radius 1 is 1.11 bits per heavy atom. The highest BCUT2D eigenvalue weighted by Crippen LogP contribution is 2.14. The van der Waals surface area contributed by atoms with Gasteiger partial charge < -0.3 is 10.2 Å². The van der Waals surface area contributed by atoms with Crippen LogP contribution < -0.4 is 10.2 Å². The van der Waals surface area contributed by atoms with Crippen LogP contribution in [0.15, 0.2) is 48.7 Å². The summed E-state index contributed by atoms with van der Waals surface area (Å²) >= 11 is 0. The second kappa shape index (κ2) is 6.17. The Morgan fingerprint density at radius 2 is 1.89 bits per heavy atom. The average Bonchev–Trinajstić information content (AvgIpc) is 2.40. The number of rotatable bonds is 5. The van der Waals surface area contributed by atoms with Crippen LogP contribution >= 0.6 is 0 Å². The first-order valence-corrected chi connectivity index (χ1v) is 6.14. The summed E-state index contributed by atoms with van der Waals surface area (Å²) in [7, 11) is 4.02. The SMILES string of the molecule is CNCc1ccnc(N(C)Cc2ccccc2)c1. The van der Waals surface area contributed by atoms with E-state index in [0.29, 0.717) is 0 Å². The molecule has 0 aliphatic carbocycles. The number of pyridine rings is 1. The zero-order valence-electron chi connectivity index (χ0n) is 10.9. The number of benzene rings is 1. The van der Waals surface area contributed by atoms with Crippen molar-refractivity contribution in [3.63, 3.8) is 0 Å². The molecule has 0 fully saturated rings. The van der Waals surface area contributed by atoms with Crippen molar-refractivity contribution in [3.8, 4) is 0 Å². The molecule has 1 aromatic carbocycles. The van der Waals surface area contributed by atoms with E-state index in [4.69, 9.17) is 0 Å². The summed E-state index contributed by atoms with van der Waals surface area (Å²) in [6.07, 6.45) is 1.86. The first kappa shape index (κ1) is 12.6. The van der Waals surface area contributed by atoms with Crippen LogP contribution in [0.4, 0.5) is 5.82 Å². The number of nitrogens with zero attached hydrogens (tertiary/aromatic N) is 2. The monoisotopic (exact) mass is 241 g/mol. The summed E-state index contributed by atoms with van der Waals surface area (Å²) in [5.41, 5.74) is 2.54. The Kier molecular flexibility index (Phi) is 4.31. The number of hydrogen-bond acceptors (Lipinski definition) is 3. The highest BCUT2D eigenvalue weighted by atomic mass is 15.2. The van der Waals surface area contributed by atoms with Crippen LogP contribution in [0.1, 0.15) is 11.1 Å². The zero-order valence-corrected chi connectivity index (χ0v) is 10.9. The molecule has 0 saturated carbocycles. The number of aromatic nitrogens is 1. The number of nitrogens with one attached hydrogen (secondary N) is 1. The molecule has 2 aromatic rings. The average molecular weight is 241 g/mol. The Morgan fingerprint density at radius 3 is 2.61 bits per heavy atom. The molecular weight excluding hydrogens is 222 g/mol. The first-order valence-electron chi connectivity index (χ1n) is 6.14. The van der Waals surface area contributed by atoms with Gasteiger partial charge in [-0.15, -0.1) is 0 Å². The van der Waals surface area contributed by atoms with Crippen molar-refractivity contribution < 1.29 is 0 Å². The maximum Gasteiger partial charge on any atom is 0.128 e. The summed E-state index contributed by atoms with van der Waals surface area (Å²) < 4.78 is 0. The minimum absolute atomic E-state index is 0.870. The van der Waals surface area contributed by atoms with Crippen molar-refractivity contribution in [2.24, 2.45) is 0 Å². The second-order valence-corrected chi connectivity index (χ2v) is 4.39. The lowest BCUT2D eigenvalue weighted by molar-refractivity contribution is 0.811. The normalized spacial score (nSPS) is 10.3. The molecule has 0 atom stereocenters. The van der Waals surface area contributed by atoms with Crippen LogP contribution in [0.25, 0.3) is 0 Å². The third-order valence-corrected chi connectivity index (χ3v) is 2.84. The molecule has 0 spiro atoms. The highest BCUT2D eigenvalue weighted by Gasteiger charge is 2.04. The first-order chi connectivity index (χ1) is 8.79. The van der Waals surface area contributed by atoms with E-state index in [1.54, 1.807) is 0 Å². The molecule has 0 unspecified atom stereocenters. The summed E-state index contributed by atoms with van der Waals surface area (Å²) in [6, 6.07) is 14.6. The van der Waals surface area contributed by atoms with Gasteiger partial charge in [0.15, 0.2) is 0 Å². The standard InChI is InChI=1S/C15H19N3/c1-16-11-14-8-9-17-15(10-14)18(2)12-13-6-4-3-5-7-13/h3-10,16H,11-12H2,1-2H3. The van der Waals surface area contributed by atoms with Crippen LogP contribution in [-0.4, -0.2) is 19.1 Å². The summed E-state index contributed by atoms with van der Waals surface area (Å²) in [5, 5.41) is 3.15. The van der Waals surface area contributed by atoms with Gasteiger partial charge in [-0.2, -0.15) is 0 Å². The molecule has 3 heteroatoms. The predicted molar refractivity (Wildman–Crippen MR) is 75.5 cm³/mol. The minimum Gasteiger partial charge on any atom is -0.355 e. The van der Waals surface area contributed by atoms with Gasteiger partial charge >= 0.3 is 0 Å². The van der Waals surface area contributed by atoms with E-state index >= 15 is 0 Å². The lowest BCUT2D eigenvalue weighted by Crippen LogP contribution is -2.18. The minimum atomic E-state index is 0.870. The summed E-state index contributed by atoms with van der Waals surface area (Å²) in [6.45, 7) is 1.74. The fourth-order valence-corrected chi connectivity index (χ4v) is 1.92. The molecule has 0 aliphatic heterocycles. The molecule has 0 amide bonds. The highest BCUT2D eigenvalue weighted by molar-refractivity contribution is 5.41. The van der Waals surface area contributed by atoms with Crippen molar-refractivity contribution in [1.82, 2.24) is 10.3 Å². The van der Waals surface area contributed by atoms with E-state index in [1.165, 1.54) is 11.1 Å². The largest absolute Gasteiger partial charge is 0.355 e. The lowest BCUT2D eigenvalue weighted by Gasteiger charge is -2.18. The Hall–Kier alpha value is -1.87. The third-order valence-electron chi connectivity index (χ3n) is 2.84. The Bertz CT molecular complexity index is 482. The molecule has 18 heavy (non-hydrogen) atoms. The van der Waals surface area contributed by atoms with E-state index in [9.17, 15) is 0 Å². The summed E-state index contributed by atoms with van der Waals surface area (Å²) in [5.74, 6) is 1.01. The Labute approximate surface area is 108 Å². The Balaban J connectivity index is 2.08. The molecule has 1 heterocycles. The van der Waals surface area contributed by atoms with Crippen LogP contribution in [0.3, 0.4) is 0 Å². The van der Waals surface area contributed by atoms with E-state index < -0.39 is 0 Å². The third kappa shape index (κ3) is 3.31. The number of anilines is 1. The van der Waals surface area contributed by atoms with Crippen LogP contribution in [-0.2, 0) is 13.1 Å². The molecule has 0 radical (unpaired) electrons. The molecule has 0 aliphatic rings. The van der Waals surface area contributed by atoms with Gasteiger partial charge in [0.05, 0.1) is 0 Å². The number of hydrogen-bond donors (Lipinski definition) is 1. The van der Waals surface area contributed by atoms with Crippen LogP contribution in [0.2, 0.25) is 0 Å². The van der Waals surface area contributed by atoms with Gasteiger partial charge in [-0.1, -0.05) is 30.3 Å². The van der Waals surface area contributed by atoms with E-state index in [2.05, 4.69) is 52.6 Å². The molecule has 0 bridgehead atoms. The molecule has 3 nitrogen and oxygen atoms in total. The zero-order chi connectivity index (χ0) is 12.8. The molecule has 0 saturated heterocycles. The van der Waals surface area contributed by atoms with Gasteiger partial charge in [0.25, 0.3) is 0 Å². The fourth-order valence-electron chi connectivity index (χ4n) is 1.92. The van der Waals surface area contributed by atoms with Crippen molar-refractivity contribution >= 4 is 5.82 Å². The fraction of sp³-hybridized carbons (Fsp3) is 0.267. The van der Waals surface area contributed by atoms with Crippen LogP contribution in [0, 0.1) is 0 Å². The van der Waals surface area contributed by atoms with Gasteiger partial charge in [-0.3, -0.25) is 0 Å². The van der Waals surface area contributed by atoms with E-state index in [1.807, 2.05) is 25.4 Å². The molecule has 2 rings (SSSR count). The van der Waals surface area contributed by atoms with Crippen molar-refractivity contribution in [3.05, 3.63) is 59.8 Å². The summed E-state index contributed by atoms with van der Waals surface area (Å²) in [4.78, 5) is 6.58. The van der Waals surface area contributed by atoms with Gasteiger partial charge in [-0.25, -0.2) is 4.98 Å². The van der Waals surface area contributed by atoms with Gasteiger partial charge in [0, 0.05) is 26.3 Å². The predicted octanol–water partition coefficient (Wildman–Crippen LogP) is 2.44. The maximum absolute atomic E-state index is 4.42. The van der Waals surface area contributed by atoms with Gasteiger partial charge in [-0.05, 0) is 30.3 Å². The lowest BCUT2D eigenvalue weighted by atomic mass is 10.2. The molecule has 94 valence electrons. The topological polar surface area (TPSA) is 28.2 Å². The quantitative estimate of drug-likeness (QED) is 0.871. The molecule has 1 aromatic heterocycles.